The number of halogens is 4. The number of carbonyl (C=O) groups is 1. The Labute approximate surface area is 115 Å². The Morgan fingerprint density at radius 1 is 1.16 bits per heavy atom. The van der Waals surface area contributed by atoms with Crippen molar-refractivity contribution in [2.75, 3.05) is 0 Å². The van der Waals surface area contributed by atoms with Gasteiger partial charge in [-0.05, 0) is 40.2 Å². The van der Waals surface area contributed by atoms with Gasteiger partial charge in [-0.3, -0.25) is 9.78 Å². The van der Waals surface area contributed by atoms with E-state index in [1.165, 1.54) is 12.1 Å². The van der Waals surface area contributed by atoms with Crippen LogP contribution in [0.4, 0.5) is 13.2 Å². The van der Waals surface area contributed by atoms with Crippen LogP contribution in [0.15, 0.2) is 34.9 Å². The molecular formula is C13H7BrF3NO. The van der Waals surface area contributed by atoms with Crippen LogP contribution in [0.1, 0.15) is 16.1 Å². The molecular weight excluding hydrogens is 323 g/mol. The number of hydrogen-bond acceptors (Lipinski definition) is 2. The molecule has 1 heterocycles. The van der Waals surface area contributed by atoms with Gasteiger partial charge in [-0.15, -0.1) is 0 Å². The Morgan fingerprint density at radius 3 is 2.53 bits per heavy atom. The predicted octanol–water partition coefficient (Wildman–Crippen LogP) is 3.69. The molecule has 1 aromatic heterocycles. The van der Waals surface area contributed by atoms with Gasteiger partial charge in [0.25, 0.3) is 0 Å². The van der Waals surface area contributed by atoms with Gasteiger partial charge in [0, 0.05) is 12.0 Å². The summed E-state index contributed by atoms with van der Waals surface area (Å²) in [5.41, 5.74) is -0.384. The maximum absolute atomic E-state index is 13.7. The number of pyridine rings is 1. The summed E-state index contributed by atoms with van der Waals surface area (Å²) in [6.45, 7) is 0. The lowest BCUT2D eigenvalue weighted by Crippen LogP contribution is -2.09. The summed E-state index contributed by atoms with van der Waals surface area (Å²) in [6.07, 6.45) is 0.399. The van der Waals surface area contributed by atoms with Crippen molar-refractivity contribution in [3.63, 3.8) is 0 Å². The second kappa shape index (κ2) is 5.52. The molecule has 0 aliphatic heterocycles. The number of aromatic nitrogens is 1. The van der Waals surface area contributed by atoms with Crippen molar-refractivity contribution in [1.29, 1.82) is 0 Å². The van der Waals surface area contributed by atoms with Gasteiger partial charge < -0.3 is 0 Å². The molecule has 0 fully saturated rings. The Bertz CT molecular complexity index is 629. The van der Waals surface area contributed by atoms with Gasteiger partial charge in [-0.2, -0.15) is 0 Å². The van der Waals surface area contributed by atoms with E-state index in [2.05, 4.69) is 20.9 Å². The monoisotopic (exact) mass is 329 g/mol. The molecule has 0 atom stereocenters. The summed E-state index contributed by atoms with van der Waals surface area (Å²) in [7, 11) is 0. The van der Waals surface area contributed by atoms with Crippen LogP contribution in [-0.2, 0) is 6.42 Å². The highest BCUT2D eigenvalue weighted by Gasteiger charge is 2.17. The molecule has 0 saturated carbocycles. The first-order chi connectivity index (χ1) is 8.99. The van der Waals surface area contributed by atoms with Crippen LogP contribution >= 0.6 is 15.9 Å². The summed E-state index contributed by atoms with van der Waals surface area (Å²) in [5.74, 6) is -2.81. The third-order valence-electron chi connectivity index (χ3n) is 2.49. The number of nitrogens with zero attached hydrogens (tertiary/aromatic N) is 1. The lowest BCUT2D eigenvalue weighted by Gasteiger charge is -2.05. The highest BCUT2D eigenvalue weighted by atomic mass is 79.9. The van der Waals surface area contributed by atoms with Crippen molar-refractivity contribution in [2.24, 2.45) is 0 Å². The van der Waals surface area contributed by atoms with Gasteiger partial charge in [0.2, 0.25) is 0 Å². The van der Waals surface area contributed by atoms with Gasteiger partial charge in [-0.1, -0.05) is 0 Å². The molecule has 2 aromatic rings. The molecule has 0 radical (unpaired) electrons. The Kier molecular flexibility index (Phi) is 3.99. The van der Waals surface area contributed by atoms with Crippen LogP contribution in [0, 0.1) is 17.5 Å². The lowest BCUT2D eigenvalue weighted by atomic mass is 10.1. The molecule has 0 amide bonds. The summed E-state index contributed by atoms with van der Waals surface area (Å²) in [5, 5.41) is 0. The Hall–Kier alpha value is -1.69. The van der Waals surface area contributed by atoms with Gasteiger partial charge >= 0.3 is 0 Å². The molecule has 2 rings (SSSR count). The lowest BCUT2D eigenvalue weighted by molar-refractivity contribution is 0.0985. The molecule has 0 aliphatic rings. The zero-order valence-corrected chi connectivity index (χ0v) is 11.0. The molecule has 0 spiro atoms. The topological polar surface area (TPSA) is 30.0 Å². The highest BCUT2D eigenvalue weighted by molar-refractivity contribution is 9.10. The average Bonchev–Trinajstić information content (AvgIpc) is 2.40. The van der Waals surface area contributed by atoms with Crippen molar-refractivity contribution in [1.82, 2.24) is 4.98 Å². The van der Waals surface area contributed by atoms with E-state index in [4.69, 9.17) is 0 Å². The molecule has 1 aromatic carbocycles. The largest absolute Gasteiger partial charge is 0.292 e. The van der Waals surface area contributed by atoms with Crippen molar-refractivity contribution in [2.45, 2.75) is 6.42 Å². The number of benzene rings is 1. The summed E-state index contributed by atoms with van der Waals surface area (Å²) in [6, 6.07) is 4.52. The van der Waals surface area contributed by atoms with Gasteiger partial charge in [0.05, 0.1) is 10.7 Å². The maximum atomic E-state index is 13.7. The molecule has 6 heteroatoms. The van der Waals surface area contributed by atoms with E-state index in [-0.39, 0.29) is 15.7 Å². The molecule has 0 N–H and O–H groups in total. The average molecular weight is 330 g/mol. The van der Waals surface area contributed by atoms with Gasteiger partial charge in [0.1, 0.15) is 23.1 Å². The Morgan fingerprint density at radius 2 is 1.89 bits per heavy atom. The number of hydrogen-bond donors (Lipinski definition) is 0. The smallest absolute Gasteiger partial charge is 0.185 e. The molecule has 0 bridgehead atoms. The second-order valence-corrected chi connectivity index (χ2v) is 4.64. The van der Waals surface area contributed by atoms with Crippen molar-refractivity contribution in [3.05, 3.63) is 63.6 Å². The number of ketones is 1. The fourth-order valence-electron chi connectivity index (χ4n) is 1.52. The van der Waals surface area contributed by atoms with E-state index in [1.54, 1.807) is 0 Å². The van der Waals surface area contributed by atoms with E-state index in [1.807, 2.05) is 0 Å². The molecule has 2 nitrogen and oxygen atoms in total. The standard InChI is InChI=1S/C13H7BrF3NO/c14-9-2-3-10(16)8(13(9)17)5-12(19)11-4-1-7(15)6-18-11/h1-4,6H,5H2. The fourth-order valence-corrected chi connectivity index (χ4v) is 1.89. The van der Waals surface area contributed by atoms with E-state index in [0.717, 1.165) is 18.3 Å². The van der Waals surface area contributed by atoms with E-state index in [9.17, 15) is 18.0 Å². The predicted molar refractivity (Wildman–Crippen MR) is 66.3 cm³/mol. The highest BCUT2D eigenvalue weighted by Crippen LogP contribution is 2.22. The van der Waals surface area contributed by atoms with Crippen LogP contribution in [0.25, 0.3) is 0 Å². The first kappa shape index (κ1) is 13.7. The summed E-state index contributed by atoms with van der Waals surface area (Å²) in [4.78, 5) is 15.4. The zero-order valence-electron chi connectivity index (χ0n) is 9.46. The number of Topliss-reactive ketones (excluding diaryl/α,β-unsaturated/α-hetero) is 1. The van der Waals surface area contributed by atoms with E-state index in [0.29, 0.717) is 0 Å². The third-order valence-corrected chi connectivity index (χ3v) is 3.10. The summed E-state index contributed by atoms with van der Waals surface area (Å²) < 4.78 is 39.9. The van der Waals surface area contributed by atoms with Crippen molar-refractivity contribution < 1.29 is 18.0 Å². The van der Waals surface area contributed by atoms with Crippen LogP contribution in [0.2, 0.25) is 0 Å². The van der Waals surface area contributed by atoms with Crippen LogP contribution in [0.3, 0.4) is 0 Å². The normalized spacial score (nSPS) is 10.5. The maximum Gasteiger partial charge on any atom is 0.185 e. The Balaban J connectivity index is 2.29. The summed E-state index contributed by atoms with van der Waals surface area (Å²) >= 11 is 2.92. The number of rotatable bonds is 3. The van der Waals surface area contributed by atoms with Crippen LogP contribution in [-0.4, -0.2) is 10.8 Å². The molecule has 0 saturated heterocycles. The first-order valence-corrected chi connectivity index (χ1v) is 6.05. The molecule has 19 heavy (non-hydrogen) atoms. The zero-order chi connectivity index (χ0) is 14.0. The van der Waals surface area contributed by atoms with Crippen LogP contribution < -0.4 is 0 Å². The van der Waals surface area contributed by atoms with Gasteiger partial charge in [0.15, 0.2) is 5.78 Å². The van der Waals surface area contributed by atoms with Crippen molar-refractivity contribution >= 4 is 21.7 Å². The SMILES string of the molecule is O=C(Cc1c(F)ccc(Br)c1F)c1ccc(F)cn1. The van der Waals surface area contributed by atoms with E-state index < -0.39 is 29.7 Å². The molecule has 0 unspecified atom stereocenters. The van der Waals surface area contributed by atoms with Crippen LogP contribution in [0.5, 0.6) is 0 Å². The first-order valence-electron chi connectivity index (χ1n) is 5.26. The third kappa shape index (κ3) is 3.01. The van der Waals surface area contributed by atoms with Gasteiger partial charge in [-0.25, -0.2) is 13.2 Å². The van der Waals surface area contributed by atoms with Crippen molar-refractivity contribution in [3.8, 4) is 0 Å². The minimum atomic E-state index is -0.824. The molecule has 0 aliphatic carbocycles. The minimum Gasteiger partial charge on any atom is -0.292 e. The minimum absolute atomic E-state index is 0.0415. The molecule has 98 valence electrons. The quantitative estimate of drug-likeness (QED) is 0.635. The fraction of sp³-hybridized carbons (Fsp3) is 0.0769. The second-order valence-electron chi connectivity index (χ2n) is 3.78. The van der Waals surface area contributed by atoms with E-state index >= 15 is 0 Å². The number of carbonyl (C=O) groups excluding carboxylic acids is 1.